The van der Waals surface area contributed by atoms with Crippen molar-refractivity contribution in [2.45, 2.75) is 31.3 Å². The van der Waals surface area contributed by atoms with Crippen molar-refractivity contribution in [2.75, 3.05) is 0 Å². The lowest BCUT2D eigenvalue weighted by Gasteiger charge is -2.16. The Morgan fingerprint density at radius 1 is 1.45 bits per heavy atom. The van der Waals surface area contributed by atoms with Gasteiger partial charge in [0.2, 0.25) is 11.8 Å². The van der Waals surface area contributed by atoms with Gasteiger partial charge >= 0.3 is 5.97 Å². The second-order valence-corrected chi connectivity index (χ2v) is 4.28. The molecule has 20 heavy (non-hydrogen) atoms. The largest absolute Gasteiger partial charge is 0.480 e. The molecule has 0 radical (unpaired) electrons. The molecule has 7 N–H and O–H groups in total. The summed E-state index contributed by atoms with van der Waals surface area (Å²) in [6.07, 6.45) is 3.01. The predicted molar refractivity (Wildman–Crippen MR) is 68.3 cm³/mol. The van der Waals surface area contributed by atoms with Crippen LogP contribution in [0.3, 0.4) is 0 Å². The number of nitrogens with zero attached hydrogens (tertiary/aromatic N) is 1. The third kappa shape index (κ3) is 5.06. The number of rotatable bonds is 8. The number of aromatic amines is 1. The van der Waals surface area contributed by atoms with Crippen molar-refractivity contribution in [3.8, 4) is 0 Å². The molecule has 2 atom stereocenters. The number of carbonyl (C=O) groups excluding carboxylic acids is 2. The molecule has 0 aliphatic carbocycles. The number of amides is 2. The van der Waals surface area contributed by atoms with E-state index in [1.165, 1.54) is 12.5 Å². The van der Waals surface area contributed by atoms with Gasteiger partial charge in [0, 0.05) is 19.0 Å². The van der Waals surface area contributed by atoms with E-state index in [2.05, 4.69) is 15.3 Å². The number of carboxylic acids is 1. The highest BCUT2D eigenvalue weighted by atomic mass is 16.4. The highest BCUT2D eigenvalue weighted by Gasteiger charge is 2.24. The first-order valence-electron chi connectivity index (χ1n) is 5.95. The molecule has 0 bridgehead atoms. The van der Waals surface area contributed by atoms with Crippen LogP contribution in [0.2, 0.25) is 0 Å². The number of nitrogens with two attached hydrogens (primary N) is 2. The van der Waals surface area contributed by atoms with Crippen molar-refractivity contribution in [1.29, 1.82) is 0 Å². The number of carboxylic acid groups (broad SMARTS) is 1. The van der Waals surface area contributed by atoms with Gasteiger partial charge in [0.05, 0.1) is 18.1 Å². The molecule has 110 valence electrons. The van der Waals surface area contributed by atoms with Crippen molar-refractivity contribution in [2.24, 2.45) is 11.5 Å². The van der Waals surface area contributed by atoms with Gasteiger partial charge in [0.15, 0.2) is 0 Å². The Labute approximate surface area is 114 Å². The van der Waals surface area contributed by atoms with E-state index in [4.69, 9.17) is 16.6 Å². The molecule has 9 heteroatoms. The average Bonchev–Trinajstić information content (AvgIpc) is 2.87. The Hall–Kier alpha value is -2.42. The Kier molecular flexibility index (Phi) is 5.66. The van der Waals surface area contributed by atoms with Gasteiger partial charge in [-0.15, -0.1) is 0 Å². The molecule has 0 saturated carbocycles. The third-order valence-electron chi connectivity index (χ3n) is 2.62. The van der Waals surface area contributed by atoms with E-state index >= 15 is 0 Å². The van der Waals surface area contributed by atoms with Gasteiger partial charge in [-0.25, -0.2) is 9.78 Å². The fraction of sp³-hybridized carbons (Fsp3) is 0.455. The standard InChI is InChI=1S/C11H17N5O4/c12-7(1-2-9(13)17)10(18)16-8(11(19)20)3-6-4-14-5-15-6/h4-5,7-8H,1-3,12H2,(H2,13,17)(H,14,15)(H,16,18)(H,19,20). The number of H-pyrrole nitrogens is 1. The fourth-order valence-electron chi connectivity index (χ4n) is 1.52. The van der Waals surface area contributed by atoms with Crippen LogP contribution in [0.15, 0.2) is 12.5 Å². The topological polar surface area (TPSA) is 164 Å². The van der Waals surface area contributed by atoms with E-state index in [1.54, 1.807) is 0 Å². The molecular weight excluding hydrogens is 266 g/mol. The van der Waals surface area contributed by atoms with Crippen molar-refractivity contribution < 1.29 is 19.5 Å². The normalized spacial score (nSPS) is 13.4. The summed E-state index contributed by atoms with van der Waals surface area (Å²) in [6, 6.07) is -2.12. The molecule has 9 nitrogen and oxygen atoms in total. The van der Waals surface area contributed by atoms with Gasteiger partial charge in [-0.1, -0.05) is 0 Å². The minimum absolute atomic E-state index is 0.0348. The number of nitrogens with one attached hydrogen (secondary N) is 2. The Morgan fingerprint density at radius 2 is 2.15 bits per heavy atom. The van der Waals surface area contributed by atoms with Gasteiger partial charge in [0.1, 0.15) is 6.04 Å². The molecule has 1 aromatic rings. The summed E-state index contributed by atoms with van der Waals surface area (Å²) in [7, 11) is 0. The number of hydrogen-bond acceptors (Lipinski definition) is 5. The Balaban J connectivity index is 2.54. The van der Waals surface area contributed by atoms with Crippen LogP contribution < -0.4 is 16.8 Å². The zero-order valence-electron chi connectivity index (χ0n) is 10.7. The lowest BCUT2D eigenvalue weighted by molar-refractivity contribution is -0.142. The smallest absolute Gasteiger partial charge is 0.326 e. The van der Waals surface area contributed by atoms with Gasteiger partial charge < -0.3 is 26.9 Å². The van der Waals surface area contributed by atoms with Crippen LogP contribution in [0.1, 0.15) is 18.5 Å². The lowest BCUT2D eigenvalue weighted by atomic mass is 10.1. The van der Waals surface area contributed by atoms with Crippen LogP contribution in [-0.4, -0.2) is 44.9 Å². The van der Waals surface area contributed by atoms with Crippen LogP contribution in [0.4, 0.5) is 0 Å². The highest BCUT2D eigenvalue weighted by molar-refractivity contribution is 5.87. The molecule has 1 heterocycles. The number of primary amides is 1. The van der Waals surface area contributed by atoms with Crippen LogP contribution in [0, 0.1) is 0 Å². The van der Waals surface area contributed by atoms with Crippen LogP contribution >= 0.6 is 0 Å². The molecule has 0 spiro atoms. The molecule has 0 aliphatic rings. The maximum Gasteiger partial charge on any atom is 0.326 e. The average molecular weight is 283 g/mol. The molecule has 0 fully saturated rings. The number of hydrogen-bond donors (Lipinski definition) is 5. The van der Waals surface area contributed by atoms with Crippen LogP contribution in [0.25, 0.3) is 0 Å². The van der Waals surface area contributed by atoms with Crippen molar-refractivity contribution in [3.05, 3.63) is 18.2 Å². The second kappa shape index (κ2) is 7.24. The number of aliphatic carboxylic acids is 1. The molecule has 0 aliphatic heterocycles. The van der Waals surface area contributed by atoms with E-state index in [9.17, 15) is 14.4 Å². The van der Waals surface area contributed by atoms with Gasteiger partial charge in [-0.05, 0) is 6.42 Å². The fourth-order valence-corrected chi connectivity index (χ4v) is 1.52. The Morgan fingerprint density at radius 3 is 2.65 bits per heavy atom. The minimum Gasteiger partial charge on any atom is -0.480 e. The molecule has 2 unspecified atom stereocenters. The molecular formula is C11H17N5O4. The Bertz CT molecular complexity index is 473. The van der Waals surface area contributed by atoms with E-state index in [1.807, 2.05) is 0 Å². The quantitative estimate of drug-likeness (QED) is 0.374. The van der Waals surface area contributed by atoms with Crippen LogP contribution in [0.5, 0.6) is 0 Å². The molecule has 0 aromatic carbocycles. The lowest BCUT2D eigenvalue weighted by Crippen LogP contribution is -2.49. The van der Waals surface area contributed by atoms with Gasteiger partial charge in [-0.3, -0.25) is 9.59 Å². The van der Waals surface area contributed by atoms with E-state index < -0.39 is 29.9 Å². The summed E-state index contributed by atoms with van der Waals surface area (Å²) in [5, 5.41) is 11.4. The van der Waals surface area contributed by atoms with Gasteiger partial charge in [-0.2, -0.15) is 0 Å². The third-order valence-corrected chi connectivity index (χ3v) is 2.62. The summed E-state index contributed by atoms with van der Waals surface area (Å²) < 4.78 is 0. The van der Waals surface area contributed by atoms with E-state index in [-0.39, 0.29) is 19.3 Å². The van der Waals surface area contributed by atoms with Gasteiger partial charge in [0.25, 0.3) is 0 Å². The summed E-state index contributed by atoms with van der Waals surface area (Å²) in [6.45, 7) is 0. The summed E-state index contributed by atoms with van der Waals surface area (Å²) in [4.78, 5) is 40.0. The molecule has 0 saturated heterocycles. The highest BCUT2D eigenvalue weighted by Crippen LogP contribution is 2.01. The van der Waals surface area contributed by atoms with E-state index in [0.717, 1.165) is 0 Å². The zero-order valence-corrected chi connectivity index (χ0v) is 10.7. The molecule has 1 rings (SSSR count). The summed E-state index contributed by atoms with van der Waals surface area (Å²) in [5.74, 6) is -2.41. The first-order chi connectivity index (χ1) is 9.40. The zero-order chi connectivity index (χ0) is 15.1. The summed E-state index contributed by atoms with van der Waals surface area (Å²) in [5.41, 5.74) is 11.0. The molecule has 1 aromatic heterocycles. The molecule has 2 amide bonds. The van der Waals surface area contributed by atoms with Crippen molar-refractivity contribution in [1.82, 2.24) is 15.3 Å². The maximum absolute atomic E-state index is 11.7. The monoisotopic (exact) mass is 283 g/mol. The SMILES string of the molecule is NC(=O)CCC(N)C(=O)NC(Cc1c[nH]cn1)C(=O)O. The first kappa shape index (κ1) is 15.6. The number of aromatic nitrogens is 2. The summed E-state index contributed by atoms with van der Waals surface area (Å²) >= 11 is 0. The second-order valence-electron chi connectivity index (χ2n) is 4.28. The van der Waals surface area contributed by atoms with Crippen molar-refractivity contribution >= 4 is 17.8 Å². The van der Waals surface area contributed by atoms with Crippen LogP contribution in [-0.2, 0) is 20.8 Å². The minimum atomic E-state index is -1.19. The predicted octanol–water partition coefficient (Wildman–Crippen LogP) is -1.89. The number of imidazole rings is 1. The van der Waals surface area contributed by atoms with E-state index in [0.29, 0.717) is 5.69 Å². The maximum atomic E-state index is 11.7. The number of carbonyl (C=O) groups is 3. The van der Waals surface area contributed by atoms with Crippen molar-refractivity contribution in [3.63, 3.8) is 0 Å². The first-order valence-corrected chi connectivity index (χ1v) is 5.95.